The number of hydrogen-bond donors (Lipinski definition) is 0. The van der Waals surface area contributed by atoms with Crippen molar-refractivity contribution < 1.29 is 0 Å². The van der Waals surface area contributed by atoms with Crippen LogP contribution in [0.2, 0.25) is 0 Å². The number of hydrogen-bond acceptors (Lipinski definition) is 0. The van der Waals surface area contributed by atoms with E-state index in [9.17, 15) is 0 Å². The summed E-state index contributed by atoms with van der Waals surface area (Å²) in [6.45, 7) is 16.0. The van der Waals surface area contributed by atoms with Crippen LogP contribution in [0.15, 0.2) is 48.2 Å². The third-order valence-electron chi connectivity index (χ3n) is 4.94. The molecule has 160 valence electrons. The van der Waals surface area contributed by atoms with Crippen molar-refractivity contribution in [1.82, 2.24) is 0 Å². The van der Waals surface area contributed by atoms with E-state index in [1.807, 2.05) is 55.4 Å². The van der Waals surface area contributed by atoms with E-state index in [1.165, 1.54) is 43.5 Å². The highest BCUT2D eigenvalue weighted by atomic mass is 14.2. The van der Waals surface area contributed by atoms with Gasteiger partial charge < -0.3 is 0 Å². The highest BCUT2D eigenvalue weighted by molar-refractivity contribution is 6.00. The molecule has 0 atom stereocenters. The van der Waals surface area contributed by atoms with Crippen LogP contribution in [-0.2, 0) is 6.42 Å². The maximum absolute atomic E-state index is 3.30. The lowest BCUT2D eigenvalue weighted by Gasteiger charge is -2.21. The monoisotopic (exact) mass is 400 g/mol. The summed E-state index contributed by atoms with van der Waals surface area (Å²) in [7, 11) is 0. The molecule has 0 aromatic heterocycles. The molecule has 0 aliphatic heterocycles. The summed E-state index contributed by atoms with van der Waals surface area (Å²) in [5.41, 5.74) is 8.96. The lowest BCUT2D eigenvalue weighted by molar-refractivity contribution is 0.987. The van der Waals surface area contributed by atoms with Gasteiger partial charge in [0.05, 0.1) is 0 Å². The largest absolute Gasteiger partial charge is 0.120 e. The minimum absolute atomic E-state index is 1.01. The summed E-state index contributed by atoms with van der Waals surface area (Å²) in [5, 5.41) is 5.61. The predicted octanol–water partition coefficient (Wildman–Crippen LogP) is 7.98. The second kappa shape index (κ2) is 13.6. The van der Waals surface area contributed by atoms with Gasteiger partial charge in [0.1, 0.15) is 0 Å². The Hall–Kier alpha value is -2.56. The van der Waals surface area contributed by atoms with Crippen LogP contribution in [0.25, 0.3) is 34.6 Å². The first-order valence-corrected chi connectivity index (χ1v) is 12.0. The summed E-state index contributed by atoms with van der Waals surface area (Å²) in [6, 6.07) is 6.76. The third kappa shape index (κ3) is 4.94. The Morgan fingerprint density at radius 1 is 0.867 bits per heavy atom. The molecule has 3 aliphatic carbocycles. The second-order valence-electron chi connectivity index (χ2n) is 6.14. The molecule has 0 unspecified atom stereocenters. The summed E-state index contributed by atoms with van der Waals surface area (Å²) in [4.78, 5) is 0. The van der Waals surface area contributed by atoms with Crippen LogP contribution in [0, 0.1) is 0 Å². The fourth-order valence-electron chi connectivity index (χ4n) is 4.05. The van der Waals surface area contributed by atoms with Gasteiger partial charge in [-0.2, -0.15) is 0 Å². The molecular weight excluding hydrogens is 360 g/mol. The van der Waals surface area contributed by atoms with Crippen molar-refractivity contribution in [1.29, 1.82) is 0 Å². The molecular formula is C30H40. The summed E-state index contributed by atoms with van der Waals surface area (Å²) >= 11 is 0. The van der Waals surface area contributed by atoms with Gasteiger partial charge in [-0.15, -0.1) is 5.73 Å². The number of rotatable bonds is 0. The van der Waals surface area contributed by atoms with E-state index in [1.54, 1.807) is 0 Å². The number of allylic oxidation sites excluding steroid dienone is 4. The topological polar surface area (TPSA) is 0 Å². The summed E-state index contributed by atoms with van der Waals surface area (Å²) in [6.07, 6.45) is 19.0. The molecule has 0 fully saturated rings. The van der Waals surface area contributed by atoms with Gasteiger partial charge in [0.2, 0.25) is 0 Å². The maximum Gasteiger partial charge on any atom is -0.00328 e. The Labute approximate surface area is 184 Å². The molecule has 0 radical (unpaired) electrons. The first kappa shape index (κ1) is 25.5. The molecule has 30 heavy (non-hydrogen) atoms. The molecule has 5 rings (SSSR count). The molecule has 2 aromatic carbocycles. The lowest BCUT2D eigenvalue weighted by atomic mass is 9.83. The van der Waals surface area contributed by atoms with Crippen LogP contribution < -0.4 is 10.4 Å². The Balaban J connectivity index is 0.000000509. The van der Waals surface area contributed by atoms with E-state index in [-0.39, 0.29) is 0 Å². The SMILES string of the molecule is C1=CC=c2c3c(c4cccc5c4c2C=CCC=5)CCC=C3C=1.CC.CC.CC.CC. The fraction of sp³-hybridized carbons (Fsp3) is 0.367. The second-order valence-corrected chi connectivity index (χ2v) is 6.14. The number of aryl methyl sites for hydroxylation is 1. The van der Waals surface area contributed by atoms with Crippen LogP contribution in [0.1, 0.15) is 84.9 Å². The molecule has 3 aliphatic rings. The molecule has 0 saturated heterocycles. The van der Waals surface area contributed by atoms with Gasteiger partial charge >= 0.3 is 0 Å². The van der Waals surface area contributed by atoms with Crippen molar-refractivity contribution in [2.45, 2.75) is 74.7 Å². The molecule has 0 saturated carbocycles. The Kier molecular flexibility index (Phi) is 11.6. The molecule has 0 bridgehead atoms. The van der Waals surface area contributed by atoms with Crippen LogP contribution in [-0.4, -0.2) is 0 Å². The van der Waals surface area contributed by atoms with E-state index in [0.29, 0.717) is 0 Å². The first-order chi connectivity index (χ1) is 14.9. The van der Waals surface area contributed by atoms with E-state index in [2.05, 4.69) is 66.5 Å². The van der Waals surface area contributed by atoms with Crippen molar-refractivity contribution in [3.63, 3.8) is 0 Å². The average molecular weight is 401 g/mol. The summed E-state index contributed by atoms with van der Waals surface area (Å²) < 4.78 is 0. The number of fused-ring (bicyclic) bond motifs is 2. The van der Waals surface area contributed by atoms with Gasteiger partial charge in [0.15, 0.2) is 0 Å². The van der Waals surface area contributed by atoms with Crippen LogP contribution in [0.5, 0.6) is 0 Å². The molecule has 0 heteroatoms. The van der Waals surface area contributed by atoms with Crippen molar-refractivity contribution in [3.05, 3.63) is 75.4 Å². The Morgan fingerprint density at radius 3 is 2.33 bits per heavy atom. The maximum atomic E-state index is 3.30. The molecule has 0 heterocycles. The van der Waals surface area contributed by atoms with Crippen molar-refractivity contribution in [2.24, 2.45) is 0 Å². The van der Waals surface area contributed by atoms with Gasteiger partial charge in [-0.3, -0.25) is 0 Å². The Bertz CT molecular complexity index is 1070. The zero-order valence-electron chi connectivity index (χ0n) is 20.4. The minimum Gasteiger partial charge on any atom is -0.120 e. The van der Waals surface area contributed by atoms with Crippen molar-refractivity contribution in [2.75, 3.05) is 0 Å². The smallest absolute Gasteiger partial charge is 0.00328 e. The van der Waals surface area contributed by atoms with Crippen LogP contribution in [0.3, 0.4) is 0 Å². The molecule has 0 nitrogen and oxygen atoms in total. The van der Waals surface area contributed by atoms with E-state index in [0.717, 1.165) is 19.3 Å². The fourth-order valence-corrected chi connectivity index (χ4v) is 4.05. The molecule has 0 N–H and O–H groups in total. The van der Waals surface area contributed by atoms with Crippen molar-refractivity contribution in [3.8, 4) is 0 Å². The van der Waals surface area contributed by atoms with Crippen LogP contribution >= 0.6 is 0 Å². The van der Waals surface area contributed by atoms with E-state index >= 15 is 0 Å². The Morgan fingerprint density at radius 2 is 1.60 bits per heavy atom. The standard InChI is InChI=1S/C22H16.4C2H6/c1-3-11-17-18-12-4-2-8-16-10-6-14-20(22(16)18)19-13-5-9-15(7-1)21(17)19;4*1-2/h3-5,7-13H,1,6,14H2;4*1-2H3. The highest BCUT2D eigenvalue weighted by Crippen LogP contribution is 2.32. The van der Waals surface area contributed by atoms with Gasteiger partial charge in [-0.05, 0) is 81.0 Å². The predicted molar refractivity (Wildman–Crippen MR) is 140 cm³/mol. The quantitative estimate of drug-likeness (QED) is 0.393. The van der Waals surface area contributed by atoms with Gasteiger partial charge in [-0.25, -0.2) is 0 Å². The molecule has 0 amide bonds. The third-order valence-corrected chi connectivity index (χ3v) is 4.94. The average Bonchev–Trinajstić information content (AvgIpc) is 3.20. The van der Waals surface area contributed by atoms with E-state index < -0.39 is 0 Å². The molecule has 0 spiro atoms. The zero-order chi connectivity index (χ0) is 22.5. The van der Waals surface area contributed by atoms with Gasteiger partial charge in [-0.1, -0.05) is 97.9 Å². The van der Waals surface area contributed by atoms with Crippen LogP contribution in [0.4, 0.5) is 0 Å². The normalized spacial score (nSPS) is 13.4. The summed E-state index contributed by atoms with van der Waals surface area (Å²) in [5.74, 6) is 0. The van der Waals surface area contributed by atoms with E-state index in [4.69, 9.17) is 0 Å². The highest BCUT2D eigenvalue weighted by Gasteiger charge is 2.19. The zero-order valence-corrected chi connectivity index (χ0v) is 20.4. The number of benzene rings is 2. The first-order valence-electron chi connectivity index (χ1n) is 12.0. The van der Waals surface area contributed by atoms with Crippen molar-refractivity contribution >= 4 is 34.6 Å². The van der Waals surface area contributed by atoms with Gasteiger partial charge in [0, 0.05) is 0 Å². The lowest BCUT2D eigenvalue weighted by Crippen LogP contribution is -2.20. The van der Waals surface area contributed by atoms with Gasteiger partial charge in [0.25, 0.3) is 0 Å². The molecule has 2 aromatic rings. The minimum atomic E-state index is 1.01.